The van der Waals surface area contributed by atoms with Gasteiger partial charge in [-0.25, -0.2) is 0 Å². The molecule has 0 atom stereocenters. The number of ether oxygens (including phenoxy) is 3. The van der Waals surface area contributed by atoms with Crippen molar-refractivity contribution in [1.29, 1.82) is 0 Å². The normalized spacial score (nSPS) is 10.8. The van der Waals surface area contributed by atoms with Crippen LogP contribution in [0.4, 0.5) is 0 Å². The van der Waals surface area contributed by atoms with Crippen molar-refractivity contribution in [2.24, 2.45) is 0 Å². The maximum atomic E-state index is 5.52. The van der Waals surface area contributed by atoms with Gasteiger partial charge in [0.25, 0.3) is 0 Å². The Kier molecular flexibility index (Phi) is 18.3. The molecule has 0 saturated heterocycles. The Bertz CT molecular complexity index is 183. The monoisotopic (exact) mass is 286 g/mol. The first-order valence-electron chi connectivity index (χ1n) is 8.26. The molecular formula is C17H34O3. The summed E-state index contributed by atoms with van der Waals surface area (Å²) in [7, 11) is 0. The molecule has 0 unspecified atom stereocenters. The van der Waals surface area contributed by atoms with Gasteiger partial charge in [0, 0.05) is 13.2 Å². The van der Waals surface area contributed by atoms with E-state index in [1.54, 1.807) is 0 Å². The molecule has 3 heteroatoms. The molecule has 0 aromatic heterocycles. The molecule has 0 bridgehead atoms. The number of hydrogen-bond acceptors (Lipinski definition) is 3. The van der Waals surface area contributed by atoms with Crippen LogP contribution in [0.5, 0.6) is 0 Å². The summed E-state index contributed by atoms with van der Waals surface area (Å²) in [4.78, 5) is 0. The quantitative estimate of drug-likeness (QED) is 0.294. The zero-order chi connectivity index (χ0) is 14.7. The molecule has 20 heavy (non-hydrogen) atoms. The standard InChI is InChI=1S/C17H34O3/c1-3-5-6-7-8-9-10-11-12-13-19-16-17-20-15-14-18-4-2/h3H,1,4-17H2,2H3. The summed E-state index contributed by atoms with van der Waals surface area (Å²) in [5, 5.41) is 0. The molecule has 0 heterocycles. The van der Waals surface area contributed by atoms with Gasteiger partial charge >= 0.3 is 0 Å². The van der Waals surface area contributed by atoms with Crippen LogP contribution in [0.1, 0.15) is 58.3 Å². The van der Waals surface area contributed by atoms with Crippen LogP contribution in [0.25, 0.3) is 0 Å². The summed E-state index contributed by atoms with van der Waals surface area (Å²) in [6.07, 6.45) is 12.3. The van der Waals surface area contributed by atoms with E-state index in [0.717, 1.165) is 13.2 Å². The highest BCUT2D eigenvalue weighted by Gasteiger charge is 1.93. The van der Waals surface area contributed by atoms with Crippen LogP contribution in [0.3, 0.4) is 0 Å². The van der Waals surface area contributed by atoms with Gasteiger partial charge in [-0.2, -0.15) is 0 Å². The maximum Gasteiger partial charge on any atom is 0.0701 e. The molecule has 0 aliphatic carbocycles. The molecule has 0 aromatic rings. The highest BCUT2D eigenvalue weighted by atomic mass is 16.5. The fourth-order valence-electron chi connectivity index (χ4n) is 1.96. The fourth-order valence-corrected chi connectivity index (χ4v) is 1.96. The van der Waals surface area contributed by atoms with E-state index in [1.165, 1.54) is 51.4 Å². The van der Waals surface area contributed by atoms with Crippen LogP contribution in [0.2, 0.25) is 0 Å². The van der Waals surface area contributed by atoms with Crippen molar-refractivity contribution in [3.63, 3.8) is 0 Å². The van der Waals surface area contributed by atoms with Gasteiger partial charge in [0.05, 0.1) is 26.4 Å². The zero-order valence-corrected chi connectivity index (χ0v) is 13.4. The van der Waals surface area contributed by atoms with E-state index in [4.69, 9.17) is 14.2 Å². The lowest BCUT2D eigenvalue weighted by Crippen LogP contribution is -2.09. The van der Waals surface area contributed by atoms with E-state index < -0.39 is 0 Å². The third-order valence-corrected chi connectivity index (χ3v) is 3.15. The molecule has 0 saturated carbocycles. The molecule has 0 radical (unpaired) electrons. The molecule has 0 rings (SSSR count). The molecular weight excluding hydrogens is 252 g/mol. The van der Waals surface area contributed by atoms with E-state index in [2.05, 4.69) is 6.58 Å². The van der Waals surface area contributed by atoms with Crippen molar-refractivity contribution in [3.05, 3.63) is 12.7 Å². The Morgan fingerprint density at radius 1 is 0.650 bits per heavy atom. The highest BCUT2D eigenvalue weighted by Crippen LogP contribution is 2.08. The van der Waals surface area contributed by atoms with Crippen molar-refractivity contribution < 1.29 is 14.2 Å². The SMILES string of the molecule is C=CCCCCCCCCCOCCOCCOCC. The molecule has 0 amide bonds. The third-order valence-electron chi connectivity index (χ3n) is 3.15. The lowest BCUT2D eigenvalue weighted by Gasteiger charge is -2.06. The largest absolute Gasteiger partial charge is 0.379 e. The second-order valence-electron chi connectivity index (χ2n) is 4.97. The minimum Gasteiger partial charge on any atom is -0.379 e. The van der Waals surface area contributed by atoms with Crippen LogP contribution in [-0.2, 0) is 14.2 Å². The summed E-state index contributed by atoms with van der Waals surface area (Å²) in [5.74, 6) is 0. The molecule has 0 aliphatic rings. The van der Waals surface area contributed by atoms with E-state index in [0.29, 0.717) is 26.4 Å². The van der Waals surface area contributed by atoms with E-state index in [1.807, 2.05) is 13.0 Å². The van der Waals surface area contributed by atoms with Gasteiger partial charge in [0.1, 0.15) is 0 Å². The van der Waals surface area contributed by atoms with Crippen molar-refractivity contribution in [3.8, 4) is 0 Å². The average Bonchev–Trinajstić information content (AvgIpc) is 2.47. The fraction of sp³-hybridized carbons (Fsp3) is 0.882. The van der Waals surface area contributed by atoms with Crippen LogP contribution in [0.15, 0.2) is 12.7 Å². The number of hydrogen-bond donors (Lipinski definition) is 0. The molecule has 0 fully saturated rings. The first kappa shape index (κ1) is 19.6. The van der Waals surface area contributed by atoms with Gasteiger partial charge in [-0.3, -0.25) is 0 Å². The lowest BCUT2D eigenvalue weighted by molar-refractivity contribution is 0.0162. The second-order valence-corrected chi connectivity index (χ2v) is 4.97. The molecule has 0 N–H and O–H groups in total. The van der Waals surface area contributed by atoms with E-state index >= 15 is 0 Å². The molecule has 0 aliphatic heterocycles. The van der Waals surface area contributed by atoms with Gasteiger partial charge in [-0.05, 0) is 26.2 Å². The summed E-state index contributed by atoms with van der Waals surface area (Å²) >= 11 is 0. The van der Waals surface area contributed by atoms with Gasteiger partial charge in [-0.1, -0.05) is 38.2 Å². The number of unbranched alkanes of at least 4 members (excludes halogenated alkanes) is 7. The van der Waals surface area contributed by atoms with Crippen LogP contribution in [0, 0.1) is 0 Å². The summed E-state index contributed by atoms with van der Waals surface area (Å²) in [6.45, 7) is 10.1. The molecule has 0 spiro atoms. The van der Waals surface area contributed by atoms with Crippen LogP contribution < -0.4 is 0 Å². The van der Waals surface area contributed by atoms with Crippen LogP contribution >= 0.6 is 0 Å². The summed E-state index contributed by atoms with van der Waals surface area (Å²) < 4.78 is 16.1. The second kappa shape index (κ2) is 18.6. The minimum absolute atomic E-state index is 0.670. The Balaban J connectivity index is 2.90. The van der Waals surface area contributed by atoms with Gasteiger partial charge in [0.15, 0.2) is 0 Å². The smallest absolute Gasteiger partial charge is 0.0701 e. The average molecular weight is 286 g/mol. The molecule has 3 nitrogen and oxygen atoms in total. The van der Waals surface area contributed by atoms with Gasteiger partial charge in [-0.15, -0.1) is 6.58 Å². The van der Waals surface area contributed by atoms with Gasteiger partial charge < -0.3 is 14.2 Å². The summed E-state index contributed by atoms with van der Waals surface area (Å²) in [6, 6.07) is 0. The first-order valence-corrected chi connectivity index (χ1v) is 8.26. The lowest BCUT2D eigenvalue weighted by atomic mass is 10.1. The maximum absolute atomic E-state index is 5.52. The molecule has 0 aromatic carbocycles. The minimum atomic E-state index is 0.670. The summed E-state index contributed by atoms with van der Waals surface area (Å²) in [5.41, 5.74) is 0. The third kappa shape index (κ3) is 17.6. The zero-order valence-electron chi connectivity index (χ0n) is 13.4. The molecule has 120 valence electrons. The predicted octanol–water partition coefficient (Wildman–Crippen LogP) is 4.36. The highest BCUT2D eigenvalue weighted by molar-refractivity contribution is 4.65. The van der Waals surface area contributed by atoms with Crippen molar-refractivity contribution >= 4 is 0 Å². The topological polar surface area (TPSA) is 27.7 Å². The van der Waals surface area contributed by atoms with Crippen molar-refractivity contribution in [1.82, 2.24) is 0 Å². The Morgan fingerprint density at radius 2 is 1.15 bits per heavy atom. The Morgan fingerprint density at radius 3 is 1.75 bits per heavy atom. The predicted molar refractivity (Wildman–Crippen MR) is 85.3 cm³/mol. The first-order chi connectivity index (χ1) is 9.91. The number of rotatable bonds is 17. The van der Waals surface area contributed by atoms with Crippen LogP contribution in [-0.4, -0.2) is 39.6 Å². The van der Waals surface area contributed by atoms with Gasteiger partial charge in [0.2, 0.25) is 0 Å². The Hall–Kier alpha value is -0.380. The van der Waals surface area contributed by atoms with E-state index in [-0.39, 0.29) is 0 Å². The van der Waals surface area contributed by atoms with Crippen molar-refractivity contribution in [2.75, 3.05) is 39.6 Å². The van der Waals surface area contributed by atoms with E-state index in [9.17, 15) is 0 Å². The number of allylic oxidation sites excluding steroid dienone is 1. The Labute approximate surface area is 125 Å². The van der Waals surface area contributed by atoms with Crippen molar-refractivity contribution in [2.45, 2.75) is 58.3 Å².